The van der Waals surface area contributed by atoms with Crippen LogP contribution in [0.4, 0.5) is 0 Å². The molecule has 0 bridgehead atoms. The molecule has 0 radical (unpaired) electrons. The standard InChI is InChI=1S/C10H20N4O/c1-12-10(11)13-6-5-9(15)14-7-3-2-4-8-14/h2-8H2,1H3,(H3,11,12,13). The van der Waals surface area contributed by atoms with Crippen molar-refractivity contribution in [3.05, 3.63) is 0 Å². The number of likely N-dealkylation sites (tertiary alicyclic amines) is 1. The van der Waals surface area contributed by atoms with Crippen molar-refractivity contribution in [2.45, 2.75) is 25.7 Å². The molecule has 1 fully saturated rings. The summed E-state index contributed by atoms with van der Waals surface area (Å²) in [5.74, 6) is 0.604. The van der Waals surface area contributed by atoms with Crippen LogP contribution < -0.4 is 11.1 Å². The zero-order chi connectivity index (χ0) is 11.1. The molecule has 1 saturated heterocycles. The summed E-state index contributed by atoms with van der Waals surface area (Å²) in [6.07, 6.45) is 4.02. The van der Waals surface area contributed by atoms with Crippen molar-refractivity contribution in [3.63, 3.8) is 0 Å². The predicted molar refractivity (Wildman–Crippen MR) is 60.6 cm³/mol. The fourth-order valence-electron chi connectivity index (χ4n) is 1.68. The first-order valence-corrected chi connectivity index (χ1v) is 5.48. The highest BCUT2D eigenvalue weighted by Crippen LogP contribution is 2.09. The van der Waals surface area contributed by atoms with Gasteiger partial charge in [0.1, 0.15) is 0 Å². The van der Waals surface area contributed by atoms with Gasteiger partial charge in [0.2, 0.25) is 5.91 Å². The van der Waals surface area contributed by atoms with Gasteiger partial charge in [0.25, 0.3) is 0 Å². The Kier molecular flexibility index (Phi) is 4.93. The average Bonchev–Trinajstić information content (AvgIpc) is 2.29. The number of hydrogen-bond acceptors (Lipinski definition) is 2. The number of rotatable bonds is 3. The minimum atomic E-state index is 0.214. The van der Waals surface area contributed by atoms with Crippen LogP contribution in [-0.2, 0) is 4.79 Å². The minimum Gasteiger partial charge on any atom is -0.370 e. The predicted octanol–water partition coefficient (Wildman–Crippen LogP) is -0.0769. The maximum atomic E-state index is 11.7. The Hall–Kier alpha value is -1.26. The van der Waals surface area contributed by atoms with Gasteiger partial charge in [-0.15, -0.1) is 0 Å². The monoisotopic (exact) mass is 212 g/mol. The fraction of sp³-hybridized carbons (Fsp3) is 0.800. The van der Waals surface area contributed by atoms with Crippen molar-refractivity contribution in [2.24, 2.45) is 10.7 Å². The Labute approximate surface area is 90.7 Å². The molecule has 1 rings (SSSR count). The molecule has 0 aliphatic carbocycles. The van der Waals surface area contributed by atoms with Crippen molar-refractivity contribution >= 4 is 11.9 Å². The number of piperidine rings is 1. The van der Waals surface area contributed by atoms with Gasteiger partial charge in [-0.3, -0.25) is 9.79 Å². The normalized spacial score (nSPS) is 17.7. The molecule has 0 aromatic rings. The van der Waals surface area contributed by atoms with Crippen molar-refractivity contribution in [2.75, 3.05) is 26.7 Å². The lowest BCUT2D eigenvalue weighted by Gasteiger charge is -2.26. The molecule has 1 heterocycles. The molecule has 0 spiro atoms. The molecular formula is C10H20N4O. The summed E-state index contributed by atoms with van der Waals surface area (Å²) in [7, 11) is 1.62. The Morgan fingerprint density at radius 2 is 2.07 bits per heavy atom. The first kappa shape index (κ1) is 11.8. The van der Waals surface area contributed by atoms with E-state index < -0.39 is 0 Å². The van der Waals surface area contributed by atoms with E-state index in [0.717, 1.165) is 25.9 Å². The smallest absolute Gasteiger partial charge is 0.224 e. The van der Waals surface area contributed by atoms with Crippen LogP contribution in [0.3, 0.4) is 0 Å². The van der Waals surface area contributed by atoms with E-state index >= 15 is 0 Å². The highest BCUT2D eigenvalue weighted by atomic mass is 16.2. The molecule has 3 N–H and O–H groups in total. The summed E-state index contributed by atoms with van der Waals surface area (Å²) in [5, 5.41) is 2.88. The third kappa shape index (κ3) is 4.18. The highest BCUT2D eigenvalue weighted by Gasteiger charge is 2.15. The number of carbonyl (C=O) groups is 1. The first-order valence-electron chi connectivity index (χ1n) is 5.48. The van der Waals surface area contributed by atoms with Crippen LogP contribution in [0.2, 0.25) is 0 Å². The maximum absolute atomic E-state index is 11.7. The van der Waals surface area contributed by atoms with E-state index in [1.54, 1.807) is 7.05 Å². The molecule has 1 amide bonds. The second-order valence-corrected chi connectivity index (χ2v) is 3.73. The molecule has 0 aromatic carbocycles. The number of nitrogens with one attached hydrogen (secondary N) is 1. The van der Waals surface area contributed by atoms with Gasteiger partial charge in [0, 0.05) is 33.1 Å². The number of nitrogens with zero attached hydrogens (tertiary/aromatic N) is 2. The highest BCUT2D eigenvalue weighted by molar-refractivity contribution is 5.79. The molecule has 5 nitrogen and oxygen atoms in total. The number of amides is 1. The second-order valence-electron chi connectivity index (χ2n) is 3.73. The van der Waals surface area contributed by atoms with Crippen LogP contribution >= 0.6 is 0 Å². The van der Waals surface area contributed by atoms with Gasteiger partial charge in [-0.25, -0.2) is 0 Å². The Morgan fingerprint density at radius 3 is 2.67 bits per heavy atom. The molecule has 0 saturated carbocycles. The average molecular weight is 212 g/mol. The molecule has 0 atom stereocenters. The third-order valence-electron chi connectivity index (χ3n) is 2.59. The maximum Gasteiger partial charge on any atom is 0.224 e. The zero-order valence-corrected chi connectivity index (χ0v) is 9.33. The molecule has 86 valence electrons. The second kappa shape index (κ2) is 6.27. The quantitative estimate of drug-likeness (QED) is 0.508. The summed E-state index contributed by atoms with van der Waals surface area (Å²) in [5.41, 5.74) is 5.45. The van der Waals surface area contributed by atoms with Gasteiger partial charge in [0.05, 0.1) is 0 Å². The van der Waals surface area contributed by atoms with Gasteiger partial charge < -0.3 is 16.0 Å². The number of hydrogen-bond donors (Lipinski definition) is 2. The van der Waals surface area contributed by atoms with Crippen LogP contribution in [0, 0.1) is 0 Å². The summed E-state index contributed by atoms with van der Waals surface area (Å²) in [6.45, 7) is 2.39. The molecule has 0 aromatic heterocycles. The van der Waals surface area contributed by atoms with Gasteiger partial charge in [-0.05, 0) is 19.3 Å². The van der Waals surface area contributed by atoms with Crippen LogP contribution in [0.5, 0.6) is 0 Å². The molecule has 15 heavy (non-hydrogen) atoms. The molecule has 1 aliphatic heterocycles. The van der Waals surface area contributed by atoms with Crippen LogP contribution in [0.1, 0.15) is 25.7 Å². The molecular weight excluding hydrogens is 192 g/mol. The molecule has 5 heteroatoms. The van der Waals surface area contributed by atoms with E-state index in [0.29, 0.717) is 18.9 Å². The molecule has 0 unspecified atom stereocenters. The van der Waals surface area contributed by atoms with Crippen molar-refractivity contribution in [1.82, 2.24) is 10.2 Å². The Morgan fingerprint density at radius 1 is 1.40 bits per heavy atom. The van der Waals surface area contributed by atoms with Crippen LogP contribution in [0.25, 0.3) is 0 Å². The van der Waals surface area contributed by atoms with Crippen molar-refractivity contribution in [3.8, 4) is 0 Å². The summed E-state index contributed by atoms with van der Waals surface area (Å²) >= 11 is 0. The van der Waals surface area contributed by atoms with E-state index in [9.17, 15) is 4.79 Å². The topological polar surface area (TPSA) is 70.7 Å². The van der Waals surface area contributed by atoms with Gasteiger partial charge in [0.15, 0.2) is 5.96 Å². The Bertz CT molecular complexity index is 234. The van der Waals surface area contributed by atoms with Crippen molar-refractivity contribution < 1.29 is 4.79 Å². The lowest BCUT2D eigenvalue weighted by Crippen LogP contribution is -2.39. The number of guanidine groups is 1. The summed E-state index contributed by atoms with van der Waals surface area (Å²) in [6, 6.07) is 0. The van der Waals surface area contributed by atoms with Gasteiger partial charge in [-0.1, -0.05) is 0 Å². The van der Waals surface area contributed by atoms with Gasteiger partial charge >= 0.3 is 0 Å². The van der Waals surface area contributed by atoms with Crippen LogP contribution in [-0.4, -0.2) is 43.4 Å². The van der Waals surface area contributed by atoms with Gasteiger partial charge in [-0.2, -0.15) is 0 Å². The Balaban J connectivity index is 2.17. The van der Waals surface area contributed by atoms with Crippen molar-refractivity contribution in [1.29, 1.82) is 0 Å². The van der Waals surface area contributed by atoms with E-state index in [2.05, 4.69) is 10.3 Å². The number of carbonyl (C=O) groups excluding carboxylic acids is 1. The SMILES string of the molecule is CN=C(N)NCCC(=O)N1CCCCC1. The number of nitrogens with two attached hydrogens (primary N) is 1. The first-order chi connectivity index (χ1) is 7.24. The van der Waals surface area contributed by atoms with E-state index in [1.807, 2.05) is 4.90 Å². The van der Waals surface area contributed by atoms with Crippen LogP contribution in [0.15, 0.2) is 4.99 Å². The largest absolute Gasteiger partial charge is 0.370 e. The lowest BCUT2D eigenvalue weighted by atomic mass is 10.1. The van der Waals surface area contributed by atoms with E-state index in [4.69, 9.17) is 5.73 Å². The van der Waals surface area contributed by atoms with E-state index in [1.165, 1.54) is 6.42 Å². The summed E-state index contributed by atoms with van der Waals surface area (Å²) < 4.78 is 0. The van der Waals surface area contributed by atoms with E-state index in [-0.39, 0.29) is 5.91 Å². The third-order valence-corrected chi connectivity index (χ3v) is 2.59. The minimum absolute atomic E-state index is 0.214. The molecule has 1 aliphatic rings. The fourth-order valence-corrected chi connectivity index (χ4v) is 1.68. The zero-order valence-electron chi connectivity index (χ0n) is 9.33. The number of aliphatic imine (C=N–C) groups is 1. The summed E-state index contributed by atoms with van der Waals surface area (Å²) in [4.78, 5) is 17.4. The lowest BCUT2D eigenvalue weighted by molar-refractivity contribution is -0.131.